The number of carbonyl (C=O) groups is 1. The van der Waals surface area contributed by atoms with Crippen LogP contribution in [0.3, 0.4) is 0 Å². The van der Waals surface area contributed by atoms with Gasteiger partial charge in [0.25, 0.3) is 0 Å². The van der Waals surface area contributed by atoms with Gasteiger partial charge in [0.15, 0.2) is 0 Å². The van der Waals surface area contributed by atoms with Gasteiger partial charge in [-0.3, -0.25) is 4.79 Å². The molecule has 3 N–H and O–H groups in total. The summed E-state index contributed by atoms with van der Waals surface area (Å²) in [4.78, 5) is 12.4. The Morgan fingerprint density at radius 2 is 2.19 bits per heavy atom. The Labute approximate surface area is 127 Å². The number of nitrogens with two attached hydrogens (primary N) is 1. The number of methoxy groups -OCH3 is 1. The van der Waals surface area contributed by atoms with Crippen molar-refractivity contribution in [2.45, 2.75) is 44.6 Å². The van der Waals surface area contributed by atoms with Gasteiger partial charge in [-0.2, -0.15) is 0 Å². The zero-order valence-electron chi connectivity index (χ0n) is 13.0. The van der Waals surface area contributed by atoms with Crippen molar-refractivity contribution < 1.29 is 9.53 Å². The van der Waals surface area contributed by atoms with Crippen LogP contribution in [0.15, 0.2) is 24.3 Å². The summed E-state index contributed by atoms with van der Waals surface area (Å²) >= 11 is 0. The van der Waals surface area contributed by atoms with Crippen LogP contribution in [0.25, 0.3) is 0 Å². The Morgan fingerprint density at radius 1 is 1.43 bits per heavy atom. The first kappa shape index (κ1) is 15.8. The largest absolute Gasteiger partial charge is 0.496 e. The molecular weight excluding hydrogens is 264 g/mol. The van der Waals surface area contributed by atoms with Crippen molar-refractivity contribution >= 4 is 5.91 Å². The predicted molar refractivity (Wildman–Crippen MR) is 84.3 cm³/mol. The van der Waals surface area contributed by atoms with E-state index in [1.54, 1.807) is 7.11 Å². The quantitative estimate of drug-likeness (QED) is 0.874. The Hall–Kier alpha value is -1.55. The highest BCUT2D eigenvalue weighted by Gasteiger charge is 2.38. The molecular formula is C17H26N2O2. The summed E-state index contributed by atoms with van der Waals surface area (Å²) in [7, 11) is 1.63. The highest BCUT2D eigenvalue weighted by atomic mass is 16.5. The molecule has 0 aliphatic heterocycles. The molecule has 0 bridgehead atoms. The summed E-state index contributed by atoms with van der Waals surface area (Å²) in [6.45, 7) is 2.70. The van der Waals surface area contributed by atoms with Crippen molar-refractivity contribution in [3.8, 4) is 5.75 Å². The molecule has 1 aromatic carbocycles. The molecule has 0 radical (unpaired) electrons. The van der Waals surface area contributed by atoms with Crippen molar-refractivity contribution in [2.24, 2.45) is 11.7 Å². The molecule has 1 saturated carbocycles. The van der Waals surface area contributed by atoms with E-state index < -0.39 is 0 Å². The molecule has 4 heteroatoms. The average molecular weight is 290 g/mol. The van der Waals surface area contributed by atoms with E-state index in [0.29, 0.717) is 18.9 Å². The molecule has 1 aromatic rings. The second kappa shape index (κ2) is 6.94. The minimum atomic E-state index is -0.239. The maximum absolute atomic E-state index is 12.4. The maximum atomic E-state index is 12.4. The smallest absolute Gasteiger partial charge is 0.225 e. The summed E-state index contributed by atoms with van der Waals surface area (Å²) < 4.78 is 5.30. The van der Waals surface area contributed by atoms with Crippen LogP contribution in [0.5, 0.6) is 5.75 Å². The van der Waals surface area contributed by atoms with Crippen molar-refractivity contribution in [3.63, 3.8) is 0 Å². The molecule has 0 aromatic heterocycles. The first-order valence-electron chi connectivity index (χ1n) is 7.74. The lowest BCUT2D eigenvalue weighted by Crippen LogP contribution is -2.59. The predicted octanol–water partition coefficient (Wildman–Crippen LogP) is 2.26. The molecule has 1 amide bonds. The zero-order chi connectivity index (χ0) is 15.3. The highest BCUT2D eigenvalue weighted by Crippen LogP contribution is 2.33. The van der Waals surface area contributed by atoms with Gasteiger partial charge in [-0.25, -0.2) is 0 Å². The molecule has 2 atom stereocenters. The second-order valence-electron chi connectivity index (χ2n) is 6.04. The molecule has 2 rings (SSSR count). The number of hydrogen-bond donors (Lipinski definition) is 2. The zero-order valence-corrected chi connectivity index (χ0v) is 13.0. The summed E-state index contributed by atoms with van der Waals surface area (Å²) in [5.74, 6) is 1.21. The molecule has 1 aliphatic carbocycles. The number of rotatable bonds is 5. The number of ether oxygens (including phenoxy) is 1. The highest BCUT2D eigenvalue weighted by molar-refractivity contribution is 5.80. The lowest BCUT2D eigenvalue weighted by atomic mass is 9.73. The van der Waals surface area contributed by atoms with E-state index >= 15 is 0 Å². The number of amides is 1. The molecule has 4 nitrogen and oxygen atoms in total. The fourth-order valence-electron chi connectivity index (χ4n) is 3.30. The van der Waals surface area contributed by atoms with Gasteiger partial charge >= 0.3 is 0 Å². The lowest BCUT2D eigenvalue weighted by molar-refractivity contribution is -0.123. The summed E-state index contributed by atoms with van der Waals surface area (Å²) in [6, 6.07) is 7.64. The lowest BCUT2D eigenvalue weighted by Gasteiger charge is -2.42. The van der Waals surface area contributed by atoms with Crippen LogP contribution in [0.1, 0.15) is 38.2 Å². The summed E-state index contributed by atoms with van der Waals surface area (Å²) in [5.41, 5.74) is 6.66. The minimum Gasteiger partial charge on any atom is -0.496 e. The van der Waals surface area contributed by atoms with Gasteiger partial charge in [-0.05, 0) is 24.8 Å². The fraction of sp³-hybridized carbons (Fsp3) is 0.588. The third-order valence-electron chi connectivity index (χ3n) is 4.75. The standard InChI is InChI=1S/C17H26N2O2/c1-13-7-5-6-10-17(13,12-18)19-16(20)11-14-8-3-4-9-15(14)21-2/h3-4,8-9,13H,5-7,10-12,18H2,1-2H3,(H,19,20). The van der Waals surface area contributed by atoms with Crippen LogP contribution < -0.4 is 15.8 Å². The van der Waals surface area contributed by atoms with E-state index in [1.165, 1.54) is 6.42 Å². The number of nitrogens with one attached hydrogen (secondary N) is 1. The molecule has 21 heavy (non-hydrogen) atoms. The van der Waals surface area contributed by atoms with E-state index in [4.69, 9.17) is 10.5 Å². The fourth-order valence-corrected chi connectivity index (χ4v) is 3.30. The van der Waals surface area contributed by atoms with Crippen molar-refractivity contribution in [1.82, 2.24) is 5.32 Å². The van der Waals surface area contributed by atoms with Crippen LogP contribution in [-0.2, 0) is 11.2 Å². The van der Waals surface area contributed by atoms with Crippen LogP contribution in [0.4, 0.5) is 0 Å². The van der Waals surface area contributed by atoms with E-state index in [9.17, 15) is 4.79 Å². The monoisotopic (exact) mass is 290 g/mol. The number of carbonyl (C=O) groups excluding carboxylic acids is 1. The Morgan fingerprint density at radius 3 is 2.86 bits per heavy atom. The number of para-hydroxylation sites is 1. The van der Waals surface area contributed by atoms with E-state index in [2.05, 4.69) is 12.2 Å². The van der Waals surface area contributed by atoms with Crippen molar-refractivity contribution in [3.05, 3.63) is 29.8 Å². The normalized spacial score (nSPS) is 25.4. The molecule has 0 spiro atoms. The molecule has 0 heterocycles. The topological polar surface area (TPSA) is 64.3 Å². The van der Waals surface area contributed by atoms with Crippen molar-refractivity contribution in [1.29, 1.82) is 0 Å². The van der Waals surface area contributed by atoms with Crippen LogP contribution in [0, 0.1) is 5.92 Å². The summed E-state index contributed by atoms with van der Waals surface area (Å²) in [6.07, 6.45) is 4.80. The Balaban J connectivity index is 2.06. The maximum Gasteiger partial charge on any atom is 0.225 e. The molecule has 2 unspecified atom stereocenters. The van der Waals surface area contributed by atoms with Gasteiger partial charge in [-0.15, -0.1) is 0 Å². The third kappa shape index (κ3) is 3.56. The van der Waals surface area contributed by atoms with Gasteiger partial charge in [0, 0.05) is 12.1 Å². The van der Waals surface area contributed by atoms with Crippen LogP contribution in [0.2, 0.25) is 0 Å². The van der Waals surface area contributed by atoms with Gasteiger partial charge in [0.05, 0.1) is 19.1 Å². The Bertz CT molecular complexity index is 489. The molecule has 1 fully saturated rings. The molecule has 0 saturated heterocycles. The Kier molecular flexibility index (Phi) is 5.23. The van der Waals surface area contributed by atoms with Crippen LogP contribution in [-0.4, -0.2) is 25.1 Å². The van der Waals surface area contributed by atoms with Gasteiger partial charge in [0.1, 0.15) is 5.75 Å². The van der Waals surface area contributed by atoms with Crippen LogP contribution >= 0.6 is 0 Å². The van der Waals surface area contributed by atoms with E-state index in [0.717, 1.165) is 30.6 Å². The second-order valence-corrected chi connectivity index (χ2v) is 6.04. The molecule has 1 aliphatic rings. The van der Waals surface area contributed by atoms with E-state index in [-0.39, 0.29) is 11.4 Å². The first-order valence-corrected chi connectivity index (χ1v) is 7.74. The number of hydrogen-bond acceptors (Lipinski definition) is 3. The average Bonchev–Trinajstić information content (AvgIpc) is 2.50. The third-order valence-corrected chi connectivity index (χ3v) is 4.75. The van der Waals surface area contributed by atoms with Gasteiger partial charge in [0.2, 0.25) is 5.91 Å². The van der Waals surface area contributed by atoms with Gasteiger partial charge < -0.3 is 15.8 Å². The van der Waals surface area contributed by atoms with Gasteiger partial charge in [-0.1, -0.05) is 38.0 Å². The SMILES string of the molecule is COc1ccccc1CC(=O)NC1(CN)CCCCC1C. The first-order chi connectivity index (χ1) is 10.1. The van der Waals surface area contributed by atoms with Crippen molar-refractivity contribution in [2.75, 3.05) is 13.7 Å². The minimum absolute atomic E-state index is 0.0266. The molecule has 116 valence electrons. The summed E-state index contributed by atoms with van der Waals surface area (Å²) in [5, 5.41) is 3.21. The van der Waals surface area contributed by atoms with E-state index in [1.807, 2.05) is 24.3 Å². The number of benzene rings is 1.